The minimum Gasteiger partial charge on any atom is -0.462 e. The Morgan fingerprint density at radius 2 is 0.522 bits per heavy atom. The molecule has 0 aliphatic heterocycles. The summed E-state index contributed by atoms with van der Waals surface area (Å²) in [5.74, 6) is -0.890. The number of carbonyl (C=O) groups excluding carboxylic acids is 3. The standard InChI is InChI=1S/C63H112O6/c1-4-7-10-13-16-18-20-22-24-26-28-30-31-33-34-36-38-40-42-44-47-50-53-56-62(65)68-59-60(58-67-61(64)55-52-49-46-15-12-9-6-3)69-63(66)57-54-51-48-45-43-41-39-37-35-32-29-27-25-23-21-19-17-14-11-8-5-2/h20-23,26-29,35,37,60H,4-19,24-25,30-34,36,38-59H2,1-3H3/b22-20-,23-21-,28-26-,29-27-,37-35-. The van der Waals surface area contributed by atoms with E-state index in [2.05, 4.69) is 81.5 Å². The molecule has 0 spiro atoms. The van der Waals surface area contributed by atoms with Gasteiger partial charge in [-0.15, -0.1) is 0 Å². The third-order valence-electron chi connectivity index (χ3n) is 13.0. The highest BCUT2D eigenvalue weighted by Crippen LogP contribution is 2.16. The number of rotatable bonds is 54. The summed E-state index contributed by atoms with van der Waals surface area (Å²) in [7, 11) is 0. The first-order valence-corrected chi connectivity index (χ1v) is 29.8. The van der Waals surface area contributed by atoms with Crippen LogP contribution in [-0.2, 0) is 28.6 Å². The van der Waals surface area contributed by atoms with Gasteiger partial charge in [-0.2, -0.15) is 0 Å². The largest absolute Gasteiger partial charge is 0.462 e. The summed E-state index contributed by atoms with van der Waals surface area (Å²) in [6.07, 6.45) is 72.3. The molecule has 0 aromatic heterocycles. The number of carbonyl (C=O) groups is 3. The fraction of sp³-hybridized carbons (Fsp3) is 0.794. The van der Waals surface area contributed by atoms with Gasteiger partial charge in [0, 0.05) is 19.3 Å². The number of hydrogen-bond acceptors (Lipinski definition) is 6. The van der Waals surface area contributed by atoms with Crippen molar-refractivity contribution in [3.8, 4) is 0 Å². The van der Waals surface area contributed by atoms with Crippen LogP contribution in [0.15, 0.2) is 60.8 Å². The molecule has 0 rings (SSSR count). The lowest BCUT2D eigenvalue weighted by Crippen LogP contribution is -2.30. The Kier molecular flexibility index (Phi) is 55.3. The van der Waals surface area contributed by atoms with Crippen LogP contribution in [0.5, 0.6) is 0 Å². The molecule has 0 bridgehead atoms. The lowest BCUT2D eigenvalue weighted by molar-refractivity contribution is -0.167. The third-order valence-corrected chi connectivity index (χ3v) is 13.0. The maximum absolute atomic E-state index is 12.8. The van der Waals surface area contributed by atoms with Crippen molar-refractivity contribution < 1.29 is 28.6 Å². The van der Waals surface area contributed by atoms with E-state index < -0.39 is 6.10 Å². The molecular weight excluding hydrogens is 853 g/mol. The second-order valence-electron chi connectivity index (χ2n) is 19.9. The van der Waals surface area contributed by atoms with Gasteiger partial charge >= 0.3 is 17.9 Å². The van der Waals surface area contributed by atoms with Crippen LogP contribution in [0.2, 0.25) is 0 Å². The molecule has 6 heteroatoms. The van der Waals surface area contributed by atoms with E-state index >= 15 is 0 Å². The van der Waals surface area contributed by atoms with Crippen LogP contribution in [0.1, 0.15) is 303 Å². The van der Waals surface area contributed by atoms with Gasteiger partial charge < -0.3 is 14.2 Å². The Morgan fingerprint density at radius 1 is 0.290 bits per heavy atom. The summed E-state index contributed by atoms with van der Waals surface area (Å²) in [6.45, 7) is 6.59. The maximum Gasteiger partial charge on any atom is 0.306 e. The number of allylic oxidation sites excluding steroid dienone is 10. The van der Waals surface area contributed by atoms with E-state index in [4.69, 9.17) is 14.2 Å². The van der Waals surface area contributed by atoms with E-state index in [1.165, 1.54) is 173 Å². The van der Waals surface area contributed by atoms with Gasteiger partial charge in [0.15, 0.2) is 6.10 Å². The van der Waals surface area contributed by atoms with E-state index in [0.29, 0.717) is 19.3 Å². The van der Waals surface area contributed by atoms with Gasteiger partial charge in [0.25, 0.3) is 0 Å². The smallest absolute Gasteiger partial charge is 0.306 e. The molecule has 0 aliphatic rings. The van der Waals surface area contributed by atoms with Gasteiger partial charge in [-0.3, -0.25) is 14.4 Å². The zero-order valence-electron chi connectivity index (χ0n) is 45.8. The SMILES string of the molecule is CCCCCCC/C=C\C/C=C\C/C=C\CCCCCCCCC(=O)OC(COC(=O)CCCCCCCCC)COC(=O)CCCCCCCCCCCCC/C=C\C/C=C\CCCCCCC. The molecule has 0 aromatic carbocycles. The number of unbranched alkanes of at least 4 members (excludes halogenated alkanes) is 33. The van der Waals surface area contributed by atoms with E-state index in [1.54, 1.807) is 0 Å². The Labute approximate surface area is 428 Å². The Balaban J connectivity index is 4.20. The normalized spacial score (nSPS) is 12.4. The lowest BCUT2D eigenvalue weighted by Gasteiger charge is -2.18. The molecular formula is C63H112O6. The predicted octanol–water partition coefficient (Wildman–Crippen LogP) is 20.0. The number of ether oxygens (including phenoxy) is 3. The van der Waals surface area contributed by atoms with E-state index in [1.807, 2.05) is 0 Å². The molecule has 0 fully saturated rings. The van der Waals surface area contributed by atoms with Crippen molar-refractivity contribution in [1.29, 1.82) is 0 Å². The number of esters is 3. The molecule has 400 valence electrons. The van der Waals surface area contributed by atoms with Crippen molar-refractivity contribution in [2.24, 2.45) is 0 Å². The fourth-order valence-electron chi connectivity index (χ4n) is 8.48. The van der Waals surface area contributed by atoms with Gasteiger partial charge in [-0.05, 0) is 89.9 Å². The molecule has 0 saturated heterocycles. The first-order chi connectivity index (χ1) is 34.0. The van der Waals surface area contributed by atoms with Gasteiger partial charge in [0.05, 0.1) is 0 Å². The Hall–Kier alpha value is -2.89. The molecule has 1 atom stereocenters. The molecule has 0 heterocycles. The molecule has 69 heavy (non-hydrogen) atoms. The lowest BCUT2D eigenvalue weighted by atomic mass is 10.0. The highest BCUT2D eigenvalue weighted by atomic mass is 16.6. The first-order valence-electron chi connectivity index (χ1n) is 29.8. The van der Waals surface area contributed by atoms with Crippen molar-refractivity contribution in [2.75, 3.05) is 13.2 Å². The zero-order chi connectivity index (χ0) is 50.0. The van der Waals surface area contributed by atoms with E-state index in [-0.39, 0.29) is 31.1 Å². The van der Waals surface area contributed by atoms with Crippen molar-refractivity contribution in [1.82, 2.24) is 0 Å². The second-order valence-corrected chi connectivity index (χ2v) is 19.9. The van der Waals surface area contributed by atoms with Crippen LogP contribution in [0.3, 0.4) is 0 Å². The highest BCUT2D eigenvalue weighted by molar-refractivity contribution is 5.71. The molecule has 0 N–H and O–H groups in total. The quantitative estimate of drug-likeness (QED) is 0.0262. The third kappa shape index (κ3) is 55.9. The van der Waals surface area contributed by atoms with Crippen molar-refractivity contribution in [2.45, 2.75) is 309 Å². The summed E-state index contributed by atoms with van der Waals surface area (Å²) in [6, 6.07) is 0. The van der Waals surface area contributed by atoms with E-state index in [9.17, 15) is 14.4 Å². The zero-order valence-corrected chi connectivity index (χ0v) is 45.8. The van der Waals surface area contributed by atoms with Crippen LogP contribution in [0.4, 0.5) is 0 Å². The topological polar surface area (TPSA) is 78.9 Å². The first kappa shape index (κ1) is 66.1. The van der Waals surface area contributed by atoms with Crippen LogP contribution in [0, 0.1) is 0 Å². The van der Waals surface area contributed by atoms with Gasteiger partial charge in [-0.1, -0.05) is 255 Å². The number of hydrogen-bond donors (Lipinski definition) is 0. The molecule has 0 aliphatic carbocycles. The van der Waals surface area contributed by atoms with E-state index in [0.717, 1.165) is 89.9 Å². The molecule has 1 unspecified atom stereocenters. The van der Waals surface area contributed by atoms with Crippen LogP contribution >= 0.6 is 0 Å². The fourth-order valence-corrected chi connectivity index (χ4v) is 8.48. The average Bonchev–Trinajstić information content (AvgIpc) is 3.35. The van der Waals surface area contributed by atoms with Gasteiger partial charge in [0.1, 0.15) is 13.2 Å². The summed E-state index contributed by atoms with van der Waals surface area (Å²) < 4.78 is 16.8. The van der Waals surface area contributed by atoms with Gasteiger partial charge in [-0.25, -0.2) is 0 Å². The van der Waals surface area contributed by atoms with Gasteiger partial charge in [0.2, 0.25) is 0 Å². The van der Waals surface area contributed by atoms with Crippen LogP contribution in [-0.4, -0.2) is 37.2 Å². The molecule has 0 saturated carbocycles. The highest BCUT2D eigenvalue weighted by Gasteiger charge is 2.19. The van der Waals surface area contributed by atoms with Crippen LogP contribution in [0.25, 0.3) is 0 Å². The average molecular weight is 966 g/mol. The molecule has 0 amide bonds. The minimum atomic E-state index is -0.779. The maximum atomic E-state index is 12.8. The van der Waals surface area contributed by atoms with Crippen LogP contribution < -0.4 is 0 Å². The minimum absolute atomic E-state index is 0.0788. The van der Waals surface area contributed by atoms with Crippen molar-refractivity contribution >= 4 is 17.9 Å². The summed E-state index contributed by atoms with van der Waals surface area (Å²) in [4.78, 5) is 38.0. The van der Waals surface area contributed by atoms with Crippen molar-refractivity contribution in [3.63, 3.8) is 0 Å². The summed E-state index contributed by atoms with van der Waals surface area (Å²) in [5.41, 5.74) is 0. The Bertz CT molecular complexity index is 1250. The summed E-state index contributed by atoms with van der Waals surface area (Å²) in [5, 5.41) is 0. The second kappa shape index (κ2) is 57.7. The van der Waals surface area contributed by atoms with Crippen molar-refractivity contribution in [3.05, 3.63) is 60.8 Å². The predicted molar refractivity (Wildman–Crippen MR) is 298 cm³/mol. The Morgan fingerprint density at radius 3 is 0.812 bits per heavy atom. The molecule has 6 nitrogen and oxygen atoms in total. The molecule has 0 aromatic rings. The molecule has 0 radical (unpaired) electrons. The monoisotopic (exact) mass is 965 g/mol. The summed E-state index contributed by atoms with van der Waals surface area (Å²) >= 11 is 0.